The molecule has 1 rings (SSSR count). The fraction of sp³-hybridized carbons (Fsp3) is 0.706. The number of ether oxygens (including phenoxy) is 1. The predicted molar refractivity (Wildman–Crippen MR) is 87.3 cm³/mol. The zero-order valence-electron chi connectivity index (χ0n) is 14.7. The first-order valence-electron chi connectivity index (χ1n) is 8.27. The van der Waals surface area contributed by atoms with Gasteiger partial charge in [-0.2, -0.15) is 0 Å². The standard InChI is InChI=1S/C17H28N2O4/c1-6-8-12(18-15(20)7-2)17(22)19-13(9-11(3)4)14(23-5)10-16(19)21/h10-13H,6-9H2,1-5H3,(H,18,20)/t12-,13+/m0/s1. The quantitative estimate of drug-likeness (QED) is 0.741. The number of hydrogen-bond donors (Lipinski definition) is 1. The van der Waals surface area contributed by atoms with E-state index in [2.05, 4.69) is 5.32 Å². The molecule has 0 unspecified atom stereocenters. The predicted octanol–water partition coefficient (Wildman–Crippen LogP) is 2.00. The molecule has 0 radical (unpaired) electrons. The first-order chi connectivity index (χ1) is 10.8. The summed E-state index contributed by atoms with van der Waals surface area (Å²) < 4.78 is 5.28. The molecule has 0 aromatic heterocycles. The van der Waals surface area contributed by atoms with Crippen LogP contribution in [0.5, 0.6) is 0 Å². The number of imide groups is 1. The van der Waals surface area contributed by atoms with Gasteiger partial charge in [0.25, 0.3) is 11.8 Å². The number of amides is 3. The molecule has 6 heteroatoms. The average molecular weight is 324 g/mol. The third-order valence-electron chi connectivity index (χ3n) is 3.84. The highest BCUT2D eigenvalue weighted by Crippen LogP contribution is 2.27. The van der Waals surface area contributed by atoms with Crippen LogP contribution in [0.4, 0.5) is 0 Å². The van der Waals surface area contributed by atoms with Crippen molar-refractivity contribution in [2.45, 2.75) is 65.5 Å². The van der Waals surface area contributed by atoms with E-state index in [0.717, 1.165) is 6.42 Å². The summed E-state index contributed by atoms with van der Waals surface area (Å²) in [5.74, 6) is -0.107. The lowest BCUT2D eigenvalue weighted by molar-refractivity contribution is -0.146. The molecule has 1 N–H and O–H groups in total. The van der Waals surface area contributed by atoms with Crippen LogP contribution in [0, 0.1) is 5.92 Å². The molecule has 0 bridgehead atoms. The Morgan fingerprint density at radius 3 is 2.48 bits per heavy atom. The van der Waals surface area contributed by atoms with Crippen LogP contribution >= 0.6 is 0 Å². The summed E-state index contributed by atoms with van der Waals surface area (Å²) in [7, 11) is 1.50. The number of hydrogen-bond acceptors (Lipinski definition) is 4. The van der Waals surface area contributed by atoms with Gasteiger partial charge in [-0.05, 0) is 18.8 Å². The third kappa shape index (κ3) is 4.81. The van der Waals surface area contributed by atoms with E-state index in [0.29, 0.717) is 30.9 Å². The van der Waals surface area contributed by atoms with Gasteiger partial charge >= 0.3 is 0 Å². The molecule has 1 aliphatic rings. The van der Waals surface area contributed by atoms with Crippen molar-refractivity contribution in [2.24, 2.45) is 5.92 Å². The molecule has 0 saturated carbocycles. The molecule has 3 amide bonds. The van der Waals surface area contributed by atoms with E-state index in [1.54, 1.807) is 6.92 Å². The van der Waals surface area contributed by atoms with E-state index in [1.165, 1.54) is 18.1 Å². The Morgan fingerprint density at radius 2 is 2.00 bits per heavy atom. The minimum Gasteiger partial charge on any atom is -0.499 e. The van der Waals surface area contributed by atoms with Gasteiger partial charge in [-0.1, -0.05) is 34.1 Å². The van der Waals surface area contributed by atoms with E-state index < -0.39 is 12.1 Å². The highest BCUT2D eigenvalue weighted by Gasteiger charge is 2.41. The molecule has 0 aromatic carbocycles. The highest BCUT2D eigenvalue weighted by atomic mass is 16.5. The summed E-state index contributed by atoms with van der Waals surface area (Å²) in [6.45, 7) is 7.73. The molecule has 0 saturated heterocycles. The fourth-order valence-corrected chi connectivity index (χ4v) is 2.70. The van der Waals surface area contributed by atoms with Crippen LogP contribution in [0.2, 0.25) is 0 Å². The lowest BCUT2D eigenvalue weighted by atomic mass is 10.0. The van der Waals surface area contributed by atoms with Crippen molar-refractivity contribution < 1.29 is 19.1 Å². The summed E-state index contributed by atoms with van der Waals surface area (Å²) in [5.41, 5.74) is 0. The highest BCUT2D eigenvalue weighted by molar-refractivity contribution is 6.06. The van der Waals surface area contributed by atoms with Crippen LogP contribution in [0.25, 0.3) is 0 Å². The van der Waals surface area contributed by atoms with Gasteiger partial charge in [0, 0.05) is 12.5 Å². The topological polar surface area (TPSA) is 75.7 Å². The molecule has 0 fully saturated rings. The molecule has 0 aliphatic carbocycles. The summed E-state index contributed by atoms with van der Waals surface area (Å²) >= 11 is 0. The van der Waals surface area contributed by atoms with E-state index in [4.69, 9.17) is 4.74 Å². The maximum absolute atomic E-state index is 12.9. The number of carbonyl (C=O) groups excluding carboxylic acids is 3. The number of nitrogens with one attached hydrogen (secondary N) is 1. The lowest BCUT2D eigenvalue weighted by Crippen LogP contribution is -2.52. The number of nitrogens with zero attached hydrogens (tertiary/aromatic N) is 1. The minimum atomic E-state index is -0.671. The van der Waals surface area contributed by atoms with E-state index in [9.17, 15) is 14.4 Å². The van der Waals surface area contributed by atoms with Gasteiger partial charge in [-0.25, -0.2) is 0 Å². The summed E-state index contributed by atoms with van der Waals surface area (Å²) in [4.78, 5) is 38.0. The molecule has 23 heavy (non-hydrogen) atoms. The normalized spacial score (nSPS) is 18.9. The zero-order chi connectivity index (χ0) is 17.6. The Morgan fingerprint density at radius 1 is 1.35 bits per heavy atom. The number of methoxy groups -OCH3 is 1. The van der Waals surface area contributed by atoms with Crippen molar-refractivity contribution in [1.29, 1.82) is 0 Å². The minimum absolute atomic E-state index is 0.191. The SMILES string of the molecule is CCC[C@H](NC(=O)CC)C(=O)N1C(=O)C=C(OC)[C@H]1CC(C)C. The van der Waals surface area contributed by atoms with Crippen LogP contribution in [0.1, 0.15) is 53.4 Å². The van der Waals surface area contributed by atoms with Gasteiger partial charge in [0.05, 0.1) is 13.2 Å². The van der Waals surface area contributed by atoms with Crippen LogP contribution in [-0.4, -0.2) is 41.8 Å². The van der Waals surface area contributed by atoms with Gasteiger partial charge in [0.1, 0.15) is 11.8 Å². The van der Waals surface area contributed by atoms with Crippen LogP contribution in [-0.2, 0) is 19.1 Å². The molecule has 1 heterocycles. The van der Waals surface area contributed by atoms with Gasteiger partial charge in [-0.15, -0.1) is 0 Å². The first-order valence-corrected chi connectivity index (χ1v) is 8.27. The monoisotopic (exact) mass is 324 g/mol. The molecule has 0 spiro atoms. The Bertz CT molecular complexity index is 485. The summed E-state index contributed by atoms with van der Waals surface area (Å²) in [6, 6.07) is -1.06. The van der Waals surface area contributed by atoms with Crippen molar-refractivity contribution in [3.05, 3.63) is 11.8 Å². The molecule has 2 atom stereocenters. The lowest BCUT2D eigenvalue weighted by Gasteiger charge is -2.29. The van der Waals surface area contributed by atoms with E-state index in [1.807, 2.05) is 20.8 Å². The second-order valence-corrected chi connectivity index (χ2v) is 6.20. The first kappa shape index (κ1) is 19.2. The molecular weight excluding hydrogens is 296 g/mol. The van der Waals surface area contributed by atoms with E-state index in [-0.39, 0.29) is 17.7 Å². The maximum atomic E-state index is 12.9. The van der Waals surface area contributed by atoms with Crippen molar-refractivity contribution in [3.8, 4) is 0 Å². The zero-order valence-corrected chi connectivity index (χ0v) is 14.7. The van der Waals surface area contributed by atoms with Crippen molar-refractivity contribution >= 4 is 17.7 Å². The Kier molecular flexibility index (Phi) is 7.26. The second kappa shape index (κ2) is 8.70. The third-order valence-corrected chi connectivity index (χ3v) is 3.84. The fourth-order valence-electron chi connectivity index (χ4n) is 2.70. The Labute approximate surface area is 138 Å². The molecule has 1 aliphatic heterocycles. The number of rotatable bonds is 8. The van der Waals surface area contributed by atoms with Crippen LogP contribution < -0.4 is 5.32 Å². The van der Waals surface area contributed by atoms with E-state index >= 15 is 0 Å². The summed E-state index contributed by atoms with van der Waals surface area (Å²) in [5, 5.41) is 2.73. The van der Waals surface area contributed by atoms with Gasteiger partial charge in [-0.3, -0.25) is 19.3 Å². The maximum Gasteiger partial charge on any atom is 0.257 e. The largest absolute Gasteiger partial charge is 0.499 e. The van der Waals surface area contributed by atoms with Crippen molar-refractivity contribution in [3.63, 3.8) is 0 Å². The molecule has 130 valence electrons. The molecule has 0 aromatic rings. The van der Waals surface area contributed by atoms with Gasteiger partial charge in [0.15, 0.2) is 0 Å². The van der Waals surface area contributed by atoms with Crippen LogP contribution in [0.15, 0.2) is 11.8 Å². The smallest absolute Gasteiger partial charge is 0.257 e. The second-order valence-electron chi connectivity index (χ2n) is 6.20. The van der Waals surface area contributed by atoms with Gasteiger partial charge in [0.2, 0.25) is 5.91 Å². The van der Waals surface area contributed by atoms with Crippen LogP contribution in [0.3, 0.4) is 0 Å². The Hall–Kier alpha value is -1.85. The average Bonchev–Trinajstić information content (AvgIpc) is 2.80. The number of carbonyl (C=O) groups is 3. The van der Waals surface area contributed by atoms with Crippen molar-refractivity contribution in [2.75, 3.05) is 7.11 Å². The Balaban J connectivity index is 3.00. The molecule has 6 nitrogen and oxygen atoms in total. The summed E-state index contributed by atoms with van der Waals surface area (Å²) in [6.07, 6.45) is 3.55. The molecular formula is C17H28N2O4. The van der Waals surface area contributed by atoms with Gasteiger partial charge < -0.3 is 10.1 Å². The van der Waals surface area contributed by atoms with Crippen molar-refractivity contribution in [1.82, 2.24) is 10.2 Å².